The molecule has 3 aromatic rings. The first-order valence-corrected chi connectivity index (χ1v) is 9.80. The van der Waals surface area contributed by atoms with Gasteiger partial charge >= 0.3 is 0 Å². The number of halogens is 2. The quantitative estimate of drug-likeness (QED) is 0.461. The molecule has 4 rings (SSSR count). The molecule has 0 saturated carbocycles. The van der Waals surface area contributed by atoms with Crippen molar-refractivity contribution in [3.8, 4) is 11.5 Å². The van der Waals surface area contributed by atoms with Gasteiger partial charge in [-0.2, -0.15) is 0 Å². The molecule has 2 N–H and O–H groups in total. The Balaban J connectivity index is 0.00000160. The van der Waals surface area contributed by atoms with E-state index in [-0.39, 0.29) is 40.0 Å². The van der Waals surface area contributed by atoms with E-state index in [0.717, 1.165) is 43.9 Å². The molecule has 1 fully saturated rings. The third-order valence-electron chi connectivity index (χ3n) is 5.50. The van der Waals surface area contributed by atoms with E-state index in [2.05, 4.69) is 40.1 Å². The number of aromatic hydroxyl groups is 2. The van der Waals surface area contributed by atoms with Crippen LogP contribution < -0.4 is 4.90 Å². The molecule has 1 saturated heterocycles. The van der Waals surface area contributed by atoms with E-state index < -0.39 is 0 Å². The minimum absolute atomic E-state index is 0. The Bertz CT molecular complexity index is 916. The maximum Gasteiger partial charge on any atom is 0.138 e. The lowest BCUT2D eigenvalue weighted by Crippen LogP contribution is -2.48. The van der Waals surface area contributed by atoms with Crippen molar-refractivity contribution in [1.29, 1.82) is 0 Å². The molecule has 0 aromatic heterocycles. The summed E-state index contributed by atoms with van der Waals surface area (Å²) in [6, 6.07) is 25.9. The first-order valence-electron chi connectivity index (χ1n) is 9.80. The van der Waals surface area contributed by atoms with Crippen molar-refractivity contribution >= 4 is 39.7 Å². The molecule has 6 heteroatoms. The van der Waals surface area contributed by atoms with Gasteiger partial charge in [0.25, 0.3) is 0 Å². The third-order valence-corrected chi connectivity index (χ3v) is 5.50. The average molecular weight is 536 g/mol. The van der Waals surface area contributed by atoms with Crippen LogP contribution in [0.5, 0.6) is 11.5 Å². The van der Waals surface area contributed by atoms with Gasteiger partial charge in [0.2, 0.25) is 0 Å². The molecule has 1 unspecified atom stereocenters. The molecule has 3 aromatic carbocycles. The van der Waals surface area contributed by atoms with Crippen LogP contribution >= 0.6 is 34.0 Å². The van der Waals surface area contributed by atoms with Crippen molar-refractivity contribution < 1.29 is 10.2 Å². The first-order chi connectivity index (χ1) is 13.7. The molecule has 1 aliphatic heterocycles. The number of hydrogen-bond acceptors (Lipinski definition) is 4. The van der Waals surface area contributed by atoms with E-state index >= 15 is 0 Å². The molecule has 160 valence electrons. The predicted molar refractivity (Wildman–Crippen MR) is 134 cm³/mol. The zero-order valence-corrected chi connectivity index (χ0v) is 20.1. The summed E-state index contributed by atoms with van der Waals surface area (Å²) in [4.78, 5) is 4.76. The predicted octanol–water partition coefficient (Wildman–Crippen LogP) is 5.36. The molecule has 4 nitrogen and oxygen atoms in total. The number of phenols is 2. The van der Waals surface area contributed by atoms with Gasteiger partial charge in [0.05, 0.1) is 5.69 Å². The zero-order valence-electron chi connectivity index (χ0n) is 16.7. The fourth-order valence-electron chi connectivity index (χ4n) is 4.05. The lowest BCUT2D eigenvalue weighted by Gasteiger charge is -2.40. The van der Waals surface area contributed by atoms with Gasteiger partial charge < -0.3 is 15.1 Å². The highest BCUT2D eigenvalue weighted by molar-refractivity contribution is 8.93. The average Bonchev–Trinajstić information content (AvgIpc) is 2.73. The molecule has 0 amide bonds. The smallest absolute Gasteiger partial charge is 0.138 e. The zero-order chi connectivity index (χ0) is 19.3. The van der Waals surface area contributed by atoms with Crippen LogP contribution in [0.25, 0.3) is 0 Å². The number of rotatable bonds is 5. The Morgan fingerprint density at radius 2 is 1.40 bits per heavy atom. The number of benzene rings is 3. The van der Waals surface area contributed by atoms with E-state index in [0.29, 0.717) is 11.5 Å². The molecule has 0 bridgehead atoms. The van der Waals surface area contributed by atoms with Gasteiger partial charge in [-0.3, -0.25) is 4.90 Å². The first kappa shape index (κ1) is 24.3. The van der Waals surface area contributed by atoms with Gasteiger partial charge in [0.1, 0.15) is 11.5 Å². The number of piperazine rings is 1. The second-order valence-corrected chi connectivity index (χ2v) is 7.31. The summed E-state index contributed by atoms with van der Waals surface area (Å²) in [6.07, 6.45) is 0.856. The summed E-state index contributed by atoms with van der Waals surface area (Å²) in [5.74, 6) is 0.656. The minimum atomic E-state index is 0. The summed E-state index contributed by atoms with van der Waals surface area (Å²) in [6.45, 7) is 3.60. The summed E-state index contributed by atoms with van der Waals surface area (Å²) >= 11 is 0. The Labute approximate surface area is 199 Å². The lowest BCUT2D eigenvalue weighted by molar-refractivity contribution is 0.184. The molecule has 0 radical (unpaired) electrons. The van der Waals surface area contributed by atoms with Crippen molar-refractivity contribution in [2.45, 2.75) is 12.5 Å². The molecule has 1 aliphatic rings. The molecular weight excluding hydrogens is 508 g/mol. The second-order valence-electron chi connectivity index (χ2n) is 7.31. The molecule has 0 aliphatic carbocycles. The van der Waals surface area contributed by atoms with E-state index in [9.17, 15) is 10.2 Å². The van der Waals surface area contributed by atoms with Crippen molar-refractivity contribution in [2.75, 3.05) is 31.1 Å². The highest BCUT2D eigenvalue weighted by atomic mass is 79.9. The van der Waals surface area contributed by atoms with Crippen molar-refractivity contribution in [3.63, 3.8) is 0 Å². The SMILES string of the molecule is Br.Br.Oc1cccc(CC(c2ccccc2)N2CCN(c3ccccc3O)CC2)c1. The van der Waals surface area contributed by atoms with Crippen LogP contribution in [0.1, 0.15) is 17.2 Å². The largest absolute Gasteiger partial charge is 0.508 e. The number of nitrogens with zero attached hydrogens (tertiary/aromatic N) is 2. The molecule has 0 spiro atoms. The van der Waals surface area contributed by atoms with Crippen LogP contribution in [0.3, 0.4) is 0 Å². The fourth-order valence-corrected chi connectivity index (χ4v) is 4.05. The standard InChI is InChI=1S/C24H26N2O2.2BrH/c27-21-10-6-7-19(17-21)18-23(20-8-2-1-3-9-20)26-15-13-25(14-16-26)22-11-4-5-12-24(22)28;;/h1-12,17,23,27-28H,13-16,18H2;2*1H. The molecule has 1 atom stereocenters. The van der Waals surface area contributed by atoms with Crippen LogP contribution in [0.15, 0.2) is 78.9 Å². The highest BCUT2D eigenvalue weighted by Crippen LogP contribution is 2.31. The van der Waals surface area contributed by atoms with E-state index in [1.165, 1.54) is 5.56 Å². The van der Waals surface area contributed by atoms with Crippen LogP contribution in [-0.4, -0.2) is 41.3 Å². The molecule has 30 heavy (non-hydrogen) atoms. The van der Waals surface area contributed by atoms with Crippen LogP contribution in [0.4, 0.5) is 5.69 Å². The van der Waals surface area contributed by atoms with Gasteiger partial charge in [-0.05, 0) is 41.8 Å². The Hall–Kier alpha value is -2.02. The van der Waals surface area contributed by atoms with Crippen LogP contribution in [0.2, 0.25) is 0 Å². The van der Waals surface area contributed by atoms with Crippen molar-refractivity contribution in [3.05, 3.63) is 90.0 Å². The number of hydrogen-bond donors (Lipinski definition) is 2. The number of para-hydroxylation sites is 2. The van der Waals surface area contributed by atoms with E-state index in [4.69, 9.17) is 0 Å². The third kappa shape index (κ3) is 5.78. The summed E-state index contributed by atoms with van der Waals surface area (Å²) < 4.78 is 0. The Morgan fingerprint density at radius 3 is 2.07 bits per heavy atom. The van der Waals surface area contributed by atoms with Crippen LogP contribution in [0, 0.1) is 0 Å². The summed E-state index contributed by atoms with van der Waals surface area (Å²) in [5, 5.41) is 20.0. The van der Waals surface area contributed by atoms with Gasteiger partial charge in [-0.1, -0.05) is 54.6 Å². The van der Waals surface area contributed by atoms with Crippen molar-refractivity contribution in [1.82, 2.24) is 4.90 Å². The normalized spacial score (nSPS) is 15.0. The molecular formula is C24H28Br2N2O2. The second kappa shape index (κ2) is 11.4. The highest BCUT2D eigenvalue weighted by Gasteiger charge is 2.26. The van der Waals surface area contributed by atoms with E-state index in [1.807, 2.05) is 36.4 Å². The maximum absolute atomic E-state index is 10.2. The molecule has 1 heterocycles. The number of phenolic OH excluding ortho intramolecular Hbond substituents is 2. The fraction of sp³-hybridized carbons (Fsp3) is 0.250. The van der Waals surface area contributed by atoms with Gasteiger partial charge in [-0.25, -0.2) is 0 Å². The van der Waals surface area contributed by atoms with Gasteiger partial charge in [-0.15, -0.1) is 34.0 Å². The van der Waals surface area contributed by atoms with Crippen LogP contribution in [-0.2, 0) is 6.42 Å². The Morgan fingerprint density at radius 1 is 0.733 bits per heavy atom. The van der Waals surface area contributed by atoms with Crippen molar-refractivity contribution in [2.24, 2.45) is 0 Å². The minimum Gasteiger partial charge on any atom is -0.508 e. The summed E-state index contributed by atoms with van der Waals surface area (Å²) in [5.41, 5.74) is 3.34. The van der Waals surface area contributed by atoms with E-state index in [1.54, 1.807) is 12.1 Å². The summed E-state index contributed by atoms with van der Waals surface area (Å²) in [7, 11) is 0. The van der Waals surface area contributed by atoms with Gasteiger partial charge in [0.15, 0.2) is 0 Å². The topological polar surface area (TPSA) is 46.9 Å². The maximum atomic E-state index is 10.2. The lowest BCUT2D eigenvalue weighted by atomic mass is 9.96. The monoisotopic (exact) mass is 534 g/mol. The Kier molecular flexibility index (Phi) is 9.21. The van der Waals surface area contributed by atoms with Gasteiger partial charge in [0, 0.05) is 32.2 Å². The number of anilines is 1.